The van der Waals surface area contributed by atoms with E-state index in [1.165, 1.54) is 36.0 Å². The molecule has 1 fully saturated rings. The SMILES string of the molecule is CN(C)C1CCC(C)(C)c2ccc(-c3cccc(N4CCN(CCCCCO)CC4)n3)cc21. The van der Waals surface area contributed by atoms with Crippen molar-refractivity contribution in [1.29, 1.82) is 0 Å². The fourth-order valence-electron chi connectivity index (χ4n) is 5.52. The molecule has 0 spiro atoms. The maximum absolute atomic E-state index is 8.96. The van der Waals surface area contributed by atoms with E-state index >= 15 is 0 Å². The van der Waals surface area contributed by atoms with Crippen molar-refractivity contribution in [1.82, 2.24) is 14.8 Å². The van der Waals surface area contributed by atoms with Crippen LogP contribution in [0, 0.1) is 0 Å². The summed E-state index contributed by atoms with van der Waals surface area (Å²) in [6.07, 6.45) is 5.65. The molecule has 180 valence electrons. The van der Waals surface area contributed by atoms with Crippen LogP contribution in [-0.2, 0) is 5.41 Å². The molecule has 0 bridgehead atoms. The third-order valence-corrected chi connectivity index (χ3v) is 7.66. The summed E-state index contributed by atoms with van der Waals surface area (Å²) < 4.78 is 0. The Morgan fingerprint density at radius 3 is 2.55 bits per heavy atom. The normalized spacial score (nSPS) is 20.8. The lowest BCUT2D eigenvalue weighted by atomic mass is 9.70. The smallest absolute Gasteiger partial charge is 0.129 e. The summed E-state index contributed by atoms with van der Waals surface area (Å²) in [5.41, 5.74) is 5.48. The van der Waals surface area contributed by atoms with Gasteiger partial charge in [-0.2, -0.15) is 0 Å². The molecule has 1 aromatic carbocycles. The fraction of sp³-hybridized carbons (Fsp3) is 0.607. The van der Waals surface area contributed by atoms with Crippen molar-refractivity contribution in [3.63, 3.8) is 0 Å². The number of anilines is 1. The van der Waals surface area contributed by atoms with E-state index in [0.717, 1.165) is 57.1 Å². The number of aliphatic hydroxyl groups excluding tert-OH is 1. The second kappa shape index (κ2) is 10.5. The summed E-state index contributed by atoms with van der Waals surface area (Å²) in [7, 11) is 4.40. The first-order chi connectivity index (χ1) is 15.9. The van der Waals surface area contributed by atoms with E-state index in [1.54, 1.807) is 0 Å². The highest BCUT2D eigenvalue weighted by Gasteiger charge is 2.33. The van der Waals surface area contributed by atoms with Crippen LogP contribution < -0.4 is 4.90 Å². The van der Waals surface area contributed by atoms with E-state index in [1.807, 2.05) is 0 Å². The first-order valence-electron chi connectivity index (χ1n) is 12.8. The van der Waals surface area contributed by atoms with Gasteiger partial charge >= 0.3 is 0 Å². The zero-order valence-electron chi connectivity index (χ0n) is 21.1. The number of pyridine rings is 1. The van der Waals surface area contributed by atoms with Gasteiger partial charge in [-0.15, -0.1) is 0 Å². The maximum Gasteiger partial charge on any atom is 0.129 e. The number of benzene rings is 1. The van der Waals surface area contributed by atoms with Crippen molar-refractivity contribution in [2.24, 2.45) is 0 Å². The Balaban J connectivity index is 1.48. The van der Waals surface area contributed by atoms with Crippen molar-refractivity contribution < 1.29 is 5.11 Å². The molecule has 4 rings (SSSR count). The number of fused-ring (bicyclic) bond motifs is 1. The second-order valence-corrected chi connectivity index (χ2v) is 10.7. The molecule has 5 nitrogen and oxygen atoms in total. The number of rotatable bonds is 8. The summed E-state index contributed by atoms with van der Waals surface area (Å²) >= 11 is 0. The lowest BCUT2D eigenvalue weighted by molar-refractivity contribution is 0.238. The Labute approximate surface area is 200 Å². The molecule has 33 heavy (non-hydrogen) atoms. The summed E-state index contributed by atoms with van der Waals surface area (Å²) in [4.78, 5) is 12.4. The quantitative estimate of drug-likeness (QED) is 0.590. The molecule has 2 aliphatic rings. The van der Waals surface area contributed by atoms with Crippen molar-refractivity contribution in [3.8, 4) is 11.3 Å². The van der Waals surface area contributed by atoms with E-state index in [2.05, 4.69) is 79.0 Å². The molecule has 2 heterocycles. The van der Waals surface area contributed by atoms with Gasteiger partial charge in [0, 0.05) is 44.4 Å². The molecule has 1 saturated heterocycles. The molecule has 0 radical (unpaired) electrons. The monoisotopic (exact) mass is 450 g/mol. The topological polar surface area (TPSA) is 42.8 Å². The molecule has 0 saturated carbocycles. The number of piperazine rings is 1. The Bertz CT molecular complexity index is 918. The van der Waals surface area contributed by atoms with Crippen LogP contribution in [-0.4, -0.2) is 73.3 Å². The third-order valence-electron chi connectivity index (χ3n) is 7.66. The number of nitrogens with zero attached hydrogens (tertiary/aromatic N) is 4. The van der Waals surface area contributed by atoms with Crippen molar-refractivity contribution >= 4 is 5.82 Å². The van der Waals surface area contributed by atoms with Gasteiger partial charge in [0.15, 0.2) is 0 Å². The fourth-order valence-corrected chi connectivity index (χ4v) is 5.52. The average Bonchev–Trinajstić information content (AvgIpc) is 2.82. The summed E-state index contributed by atoms with van der Waals surface area (Å²) in [5, 5.41) is 8.96. The van der Waals surface area contributed by atoms with Crippen LogP contribution >= 0.6 is 0 Å². The minimum atomic E-state index is 0.230. The molecule has 1 aliphatic heterocycles. The molecule has 1 aliphatic carbocycles. The minimum absolute atomic E-state index is 0.230. The van der Waals surface area contributed by atoms with E-state index in [-0.39, 0.29) is 5.41 Å². The number of hydrogen-bond donors (Lipinski definition) is 1. The number of aliphatic hydroxyl groups is 1. The zero-order chi connectivity index (χ0) is 23.4. The van der Waals surface area contributed by atoms with Crippen LogP contribution in [0.2, 0.25) is 0 Å². The molecule has 1 unspecified atom stereocenters. The van der Waals surface area contributed by atoms with Gasteiger partial charge in [0.1, 0.15) is 5.82 Å². The first kappa shape index (κ1) is 24.2. The summed E-state index contributed by atoms with van der Waals surface area (Å²) in [6.45, 7) is 10.4. The van der Waals surface area contributed by atoms with E-state index in [4.69, 9.17) is 10.1 Å². The predicted octanol–water partition coefficient (Wildman–Crippen LogP) is 4.71. The summed E-state index contributed by atoms with van der Waals surface area (Å²) in [5.74, 6) is 1.09. The highest BCUT2D eigenvalue weighted by molar-refractivity contribution is 5.64. The van der Waals surface area contributed by atoms with Crippen LogP contribution in [0.1, 0.15) is 63.1 Å². The van der Waals surface area contributed by atoms with Crippen LogP contribution in [0.15, 0.2) is 36.4 Å². The molecule has 2 aromatic rings. The molecule has 1 N–H and O–H groups in total. The average molecular weight is 451 g/mol. The van der Waals surface area contributed by atoms with Gasteiger partial charge in [-0.25, -0.2) is 4.98 Å². The second-order valence-electron chi connectivity index (χ2n) is 10.7. The van der Waals surface area contributed by atoms with E-state index in [0.29, 0.717) is 12.6 Å². The van der Waals surface area contributed by atoms with Crippen molar-refractivity contribution in [3.05, 3.63) is 47.5 Å². The molecule has 1 aromatic heterocycles. The Morgan fingerprint density at radius 1 is 1.03 bits per heavy atom. The largest absolute Gasteiger partial charge is 0.396 e. The van der Waals surface area contributed by atoms with Gasteiger partial charge < -0.3 is 14.9 Å². The van der Waals surface area contributed by atoms with E-state index in [9.17, 15) is 0 Å². The minimum Gasteiger partial charge on any atom is -0.396 e. The maximum atomic E-state index is 8.96. The molecular weight excluding hydrogens is 408 g/mol. The highest BCUT2D eigenvalue weighted by atomic mass is 16.2. The van der Waals surface area contributed by atoms with Gasteiger partial charge in [-0.3, -0.25) is 4.90 Å². The highest BCUT2D eigenvalue weighted by Crippen LogP contribution is 2.44. The van der Waals surface area contributed by atoms with Crippen molar-refractivity contribution in [2.45, 2.75) is 57.4 Å². The zero-order valence-corrected chi connectivity index (χ0v) is 21.1. The predicted molar refractivity (Wildman–Crippen MR) is 138 cm³/mol. The van der Waals surface area contributed by atoms with Gasteiger partial charge in [0.05, 0.1) is 5.69 Å². The van der Waals surface area contributed by atoms with Gasteiger partial charge in [-0.1, -0.05) is 32.0 Å². The number of aromatic nitrogens is 1. The van der Waals surface area contributed by atoms with Crippen molar-refractivity contribution in [2.75, 3.05) is 58.3 Å². The first-order valence-corrected chi connectivity index (χ1v) is 12.8. The van der Waals surface area contributed by atoms with E-state index < -0.39 is 0 Å². The third kappa shape index (κ3) is 5.59. The lowest BCUT2D eigenvalue weighted by Gasteiger charge is -2.40. The Hall–Kier alpha value is -1.95. The van der Waals surface area contributed by atoms with Gasteiger partial charge in [-0.05, 0) is 87.5 Å². The van der Waals surface area contributed by atoms with Gasteiger partial charge in [0.25, 0.3) is 0 Å². The van der Waals surface area contributed by atoms with Crippen LogP contribution in [0.5, 0.6) is 0 Å². The summed E-state index contributed by atoms with van der Waals surface area (Å²) in [6, 6.07) is 14.0. The molecule has 5 heteroatoms. The number of hydrogen-bond acceptors (Lipinski definition) is 5. The van der Waals surface area contributed by atoms with Crippen LogP contribution in [0.25, 0.3) is 11.3 Å². The van der Waals surface area contributed by atoms with Crippen LogP contribution in [0.3, 0.4) is 0 Å². The van der Waals surface area contributed by atoms with Gasteiger partial charge in [0.2, 0.25) is 0 Å². The Morgan fingerprint density at radius 2 is 1.82 bits per heavy atom. The molecular formula is C28H42N4O. The number of unbranched alkanes of at least 4 members (excludes halogenated alkanes) is 2. The standard InChI is InChI=1S/C28H42N4O/c1-28(2)14-13-26(30(3)4)23-21-22(11-12-24(23)28)25-9-8-10-27(29-25)32-18-16-31(17-19-32)15-6-5-7-20-33/h8-12,21,26,33H,5-7,13-20H2,1-4H3. The van der Waals surface area contributed by atoms with Crippen LogP contribution in [0.4, 0.5) is 5.82 Å². The Kier molecular flexibility index (Phi) is 7.72. The lowest BCUT2D eigenvalue weighted by Crippen LogP contribution is -2.46. The molecule has 0 amide bonds. The molecule has 1 atom stereocenters.